The first kappa shape index (κ1) is 13.7. The number of H-pyrrole nitrogens is 1. The molecule has 0 spiro atoms. The van der Waals surface area contributed by atoms with Gasteiger partial charge in [-0.05, 0) is 24.6 Å². The summed E-state index contributed by atoms with van der Waals surface area (Å²) in [6.07, 6.45) is 1.59. The Bertz CT molecular complexity index is 647. The maximum atomic E-state index is 12.0. The van der Waals surface area contributed by atoms with Crippen molar-refractivity contribution in [2.75, 3.05) is 0 Å². The van der Waals surface area contributed by atoms with Crippen LogP contribution in [0.3, 0.4) is 0 Å². The third-order valence-electron chi connectivity index (χ3n) is 2.80. The van der Waals surface area contributed by atoms with Crippen molar-refractivity contribution in [1.29, 1.82) is 0 Å². The molecule has 3 N–H and O–H groups in total. The van der Waals surface area contributed by atoms with Crippen LogP contribution < -0.4 is 4.72 Å². The SMILES string of the molecule is Cc1[nH]ncc1CNS(=O)(=O)c1ccc(CO)cc1. The molecule has 0 saturated carbocycles. The van der Waals surface area contributed by atoms with E-state index in [0.29, 0.717) is 5.56 Å². The predicted molar refractivity (Wildman–Crippen MR) is 69.7 cm³/mol. The number of aliphatic hydroxyl groups is 1. The molecular weight excluding hydrogens is 266 g/mol. The maximum Gasteiger partial charge on any atom is 0.240 e. The number of sulfonamides is 1. The summed E-state index contributed by atoms with van der Waals surface area (Å²) in [6, 6.07) is 6.10. The molecule has 0 aliphatic carbocycles. The number of aromatic amines is 1. The Kier molecular flexibility index (Phi) is 3.98. The van der Waals surface area contributed by atoms with Gasteiger partial charge in [-0.3, -0.25) is 5.10 Å². The van der Waals surface area contributed by atoms with Gasteiger partial charge in [0.05, 0.1) is 17.7 Å². The smallest absolute Gasteiger partial charge is 0.240 e. The van der Waals surface area contributed by atoms with Gasteiger partial charge < -0.3 is 5.11 Å². The number of benzene rings is 1. The van der Waals surface area contributed by atoms with Gasteiger partial charge in [0.2, 0.25) is 10.0 Å². The Labute approximate surface area is 111 Å². The number of hydrogen-bond donors (Lipinski definition) is 3. The van der Waals surface area contributed by atoms with Crippen molar-refractivity contribution in [3.63, 3.8) is 0 Å². The fraction of sp³-hybridized carbons (Fsp3) is 0.250. The van der Waals surface area contributed by atoms with E-state index >= 15 is 0 Å². The molecule has 2 rings (SSSR count). The van der Waals surface area contributed by atoms with E-state index < -0.39 is 10.0 Å². The van der Waals surface area contributed by atoms with Gasteiger partial charge in [0.1, 0.15) is 0 Å². The second-order valence-corrected chi connectivity index (χ2v) is 5.91. The first-order chi connectivity index (χ1) is 9.03. The molecule has 0 radical (unpaired) electrons. The quantitative estimate of drug-likeness (QED) is 0.751. The van der Waals surface area contributed by atoms with Gasteiger partial charge in [0.15, 0.2) is 0 Å². The monoisotopic (exact) mass is 281 g/mol. The van der Waals surface area contributed by atoms with Gasteiger partial charge in [-0.15, -0.1) is 0 Å². The summed E-state index contributed by atoms with van der Waals surface area (Å²) in [5.41, 5.74) is 2.30. The Morgan fingerprint density at radius 1 is 1.32 bits per heavy atom. The first-order valence-corrected chi connectivity index (χ1v) is 7.19. The van der Waals surface area contributed by atoms with Gasteiger partial charge in [-0.2, -0.15) is 5.10 Å². The van der Waals surface area contributed by atoms with Crippen LogP contribution in [0.4, 0.5) is 0 Å². The fourth-order valence-corrected chi connectivity index (χ4v) is 2.59. The number of aryl methyl sites for hydroxylation is 1. The van der Waals surface area contributed by atoms with Crippen LogP contribution in [0.25, 0.3) is 0 Å². The van der Waals surface area contributed by atoms with Crippen LogP contribution in [0.1, 0.15) is 16.8 Å². The van der Waals surface area contributed by atoms with E-state index in [0.717, 1.165) is 11.3 Å². The molecule has 6 nitrogen and oxygen atoms in total. The standard InChI is InChI=1S/C12H15N3O3S/c1-9-11(6-13-15-9)7-14-19(17,18)12-4-2-10(8-16)3-5-12/h2-6,14,16H,7-8H2,1H3,(H,13,15). The molecule has 0 unspecified atom stereocenters. The molecular formula is C12H15N3O3S. The maximum absolute atomic E-state index is 12.0. The highest BCUT2D eigenvalue weighted by Gasteiger charge is 2.14. The van der Waals surface area contributed by atoms with Crippen molar-refractivity contribution >= 4 is 10.0 Å². The lowest BCUT2D eigenvalue weighted by Crippen LogP contribution is -2.23. The Balaban J connectivity index is 2.11. The summed E-state index contributed by atoms with van der Waals surface area (Å²) in [7, 11) is -3.55. The number of nitrogens with zero attached hydrogens (tertiary/aromatic N) is 1. The second kappa shape index (κ2) is 5.52. The molecule has 7 heteroatoms. The van der Waals surface area contributed by atoms with Gasteiger partial charge in [-0.25, -0.2) is 13.1 Å². The number of aliphatic hydroxyl groups excluding tert-OH is 1. The van der Waals surface area contributed by atoms with E-state index in [1.165, 1.54) is 12.1 Å². The minimum absolute atomic E-state index is 0.109. The topological polar surface area (TPSA) is 95.1 Å². The third-order valence-corrected chi connectivity index (χ3v) is 4.22. The minimum atomic E-state index is -3.55. The summed E-state index contributed by atoms with van der Waals surface area (Å²) < 4.78 is 26.6. The first-order valence-electron chi connectivity index (χ1n) is 5.71. The molecule has 0 saturated heterocycles. The second-order valence-electron chi connectivity index (χ2n) is 4.15. The van der Waals surface area contributed by atoms with Crippen LogP contribution in [0, 0.1) is 6.92 Å². The zero-order valence-electron chi connectivity index (χ0n) is 10.4. The molecule has 0 fully saturated rings. The van der Waals surface area contributed by atoms with E-state index in [1.54, 1.807) is 18.3 Å². The lowest BCUT2D eigenvalue weighted by Gasteiger charge is -2.06. The molecule has 19 heavy (non-hydrogen) atoms. The van der Waals surface area contributed by atoms with Crippen LogP contribution in [0.15, 0.2) is 35.4 Å². The Morgan fingerprint density at radius 2 is 2.00 bits per heavy atom. The van der Waals surface area contributed by atoms with Crippen molar-refractivity contribution < 1.29 is 13.5 Å². The van der Waals surface area contributed by atoms with Gasteiger partial charge in [-0.1, -0.05) is 12.1 Å². The average molecular weight is 281 g/mol. The number of hydrogen-bond acceptors (Lipinski definition) is 4. The van der Waals surface area contributed by atoms with Gasteiger partial charge in [0.25, 0.3) is 0 Å². The summed E-state index contributed by atoms with van der Waals surface area (Å²) in [5, 5.41) is 15.5. The molecule has 0 bridgehead atoms. The van der Waals surface area contributed by atoms with Crippen molar-refractivity contribution in [2.24, 2.45) is 0 Å². The van der Waals surface area contributed by atoms with Crippen molar-refractivity contribution in [2.45, 2.75) is 25.0 Å². The minimum Gasteiger partial charge on any atom is -0.392 e. The van der Waals surface area contributed by atoms with Gasteiger partial charge in [0, 0.05) is 17.8 Å². The van der Waals surface area contributed by atoms with Crippen LogP contribution in [-0.2, 0) is 23.2 Å². The molecule has 1 heterocycles. The van der Waals surface area contributed by atoms with Crippen molar-refractivity contribution in [3.05, 3.63) is 47.3 Å². The third kappa shape index (κ3) is 3.19. The lowest BCUT2D eigenvalue weighted by molar-refractivity contribution is 0.282. The summed E-state index contributed by atoms with van der Waals surface area (Å²) in [5.74, 6) is 0. The summed E-state index contributed by atoms with van der Waals surface area (Å²) in [6.45, 7) is 1.90. The molecule has 0 atom stereocenters. The molecule has 102 valence electrons. The number of nitrogens with one attached hydrogen (secondary N) is 2. The van der Waals surface area contributed by atoms with E-state index in [2.05, 4.69) is 14.9 Å². The Hall–Kier alpha value is -1.70. The van der Waals surface area contributed by atoms with Crippen LogP contribution in [0.2, 0.25) is 0 Å². The highest BCUT2D eigenvalue weighted by Crippen LogP contribution is 2.11. The average Bonchev–Trinajstić information content (AvgIpc) is 2.82. The van der Waals surface area contributed by atoms with Crippen molar-refractivity contribution in [1.82, 2.24) is 14.9 Å². The highest BCUT2D eigenvalue weighted by atomic mass is 32.2. The van der Waals surface area contributed by atoms with Crippen LogP contribution in [0.5, 0.6) is 0 Å². The fourth-order valence-electron chi connectivity index (χ4n) is 1.58. The Morgan fingerprint density at radius 3 is 2.53 bits per heavy atom. The van der Waals surface area contributed by atoms with E-state index in [1.807, 2.05) is 6.92 Å². The summed E-state index contributed by atoms with van der Waals surface area (Å²) >= 11 is 0. The molecule has 0 aliphatic rings. The highest BCUT2D eigenvalue weighted by molar-refractivity contribution is 7.89. The number of rotatable bonds is 5. The van der Waals surface area contributed by atoms with E-state index in [-0.39, 0.29) is 18.0 Å². The normalized spacial score (nSPS) is 11.7. The van der Waals surface area contributed by atoms with Crippen molar-refractivity contribution in [3.8, 4) is 0 Å². The van der Waals surface area contributed by atoms with Crippen LogP contribution in [-0.4, -0.2) is 23.7 Å². The molecule has 1 aromatic heterocycles. The molecule has 0 aliphatic heterocycles. The molecule has 2 aromatic rings. The zero-order valence-corrected chi connectivity index (χ0v) is 11.2. The zero-order chi connectivity index (χ0) is 13.9. The lowest BCUT2D eigenvalue weighted by atomic mass is 10.2. The van der Waals surface area contributed by atoms with Gasteiger partial charge >= 0.3 is 0 Å². The molecule has 1 aromatic carbocycles. The van der Waals surface area contributed by atoms with E-state index in [9.17, 15) is 8.42 Å². The van der Waals surface area contributed by atoms with Crippen LogP contribution >= 0.6 is 0 Å². The largest absolute Gasteiger partial charge is 0.392 e. The molecule has 0 amide bonds. The van der Waals surface area contributed by atoms with E-state index in [4.69, 9.17) is 5.11 Å². The summed E-state index contributed by atoms with van der Waals surface area (Å²) in [4.78, 5) is 0.172. The number of aromatic nitrogens is 2. The predicted octanol–water partition coefficient (Wildman–Crippen LogP) is 0.689.